The molecule has 2 rings (SSSR count). The van der Waals surface area contributed by atoms with Crippen LogP contribution in [0, 0.1) is 0 Å². The number of ether oxygens (including phenoxy) is 3. The first-order chi connectivity index (χ1) is 12.1. The molecule has 0 saturated carbocycles. The van der Waals surface area contributed by atoms with Crippen LogP contribution in [0.3, 0.4) is 0 Å². The maximum atomic E-state index is 12.3. The van der Waals surface area contributed by atoms with Crippen molar-refractivity contribution in [3.63, 3.8) is 0 Å². The molecule has 1 N–H and O–H groups in total. The third-order valence-corrected chi connectivity index (χ3v) is 3.64. The highest BCUT2D eigenvalue weighted by Crippen LogP contribution is 2.27. The minimum atomic E-state index is -0.424. The molecule has 0 aliphatic rings. The second-order valence-electron chi connectivity index (χ2n) is 5.03. The van der Waals surface area contributed by atoms with Gasteiger partial charge in [-0.05, 0) is 24.6 Å². The van der Waals surface area contributed by atoms with Crippen LogP contribution >= 0.6 is 11.6 Å². The Bertz CT molecular complexity index is 734. The number of carbonyl (C=O) groups excluding carboxylic acids is 1. The van der Waals surface area contributed by atoms with Gasteiger partial charge in [0.05, 0.1) is 26.4 Å². The van der Waals surface area contributed by atoms with Gasteiger partial charge in [-0.1, -0.05) is 23.7 Å². The van der Waals surface area contributed by atoms with E-state index in [4.69, 9.17) is 25.8 Å². The SMILES string of the molecule is CCOC(=O)/C(=C\Nc1cc(OC)cc(OC)c1)c1ccc(Cl)cc1. The summed E-state index contributed by atoms with van der Waals surface area (Å²) in [5, 5.41) is 3.69. The van der Waals surface area contributed by atoms with Gasteiger partial charge in [0, 0.05) is 35.1 Å². The van der Waals surface area contributed by atoms with Crippen molar-refractivity contribution in [2.24, 2.45) is 0 Å². The Morgan fingerprint density at radius 1 is 1.08 bits per heavy atom. The molecule has 0 radical (unpaired) electrons. The zero-order valence-electron chi connectivity index (χ0n) is 14.3. The third-order valence-electron chi connectivity index (χ3n) is 3.39. The fourth-order valence-electron chi connectivity index (χ4n) is 2.14. The summed E-state index contributed by atoms with van der Waals surface area (Å²) >= 11 is 5.92. The van der Waals surface area contributed by atoms with Crippen molar-refractivity contribution in [1.82, 2.24) is 0 Å². The Hall–Kier alpha value is -2.66. The number of halogens is 1. The van der Waals surface area contributed by atoms with Crippen molar-refractivity contribution in [3.8, 4) is 11.5 Å². The van der Waals surface area contributed by atoms with E-state index in [2.05, 4.69) is 5.32 Å². The summed E-state index contributed by atoms with van der Waals surface area (Å²) in [5.74, 6) is 0.853. The van der Waals surface area contributed by atoms with Gasteiger partial charge >= 0.3 is 5.97 Å². The van der Waals surface area contributed by atoms with Gasteiger partial charge in [-0.25, -0.2) is 4.79 Å². The monoisotopic (exact) mass is 361 g/mol. The van der Waals surface area contributed by atoms with Crippen LogP contribution in [0.1, 0.15) is 12.5 Å². The molecule has 25 heavy (non-hydrogen) atoms. The predicted molar refractivity (Wildman–Crippen MR) is 99.2 cm³/mol. The van der Waals surface area contributed by atoms with Crippen molar-refractivity contribution in [2.75, 3.05) is 26.1 Å². The molecule has 2 aromatic rings. The fraction of sp³-hybridized carbons (Fsp3) is 0.211. The van der Waals surface area contributed by atoms with Crippen LogP contribution in [0.2, 0.25) is 5.02 Å². The highest BCUT2D eigenvalue weighted by molar-refractivity contribution is 6.30. The van der Waals surface area contributed by atoms with Crippen LogP contribution in [0.5, 0.6) is 11.5 Å². The Kier molecular flexibility index (Phi) is 6.71. The molecule has 0 bridgehead atoms. The minimum Gasteiger partial charge on any atom is -0.497 e. The second-order valence-corrected chi connectivity index (χ2v) is 5.47. The molecule has 5 nitrogen and oxygen atoms in total. The quantitative estimate of drug-likeness (QED) is 0.586. The summed E-state index contributed by atoms with van der Waals surface area (Å²) in [6.45, 7) is 2.05. The van der Waals surface area contributed by atoms with Crippen LogP contribution in [-0.4, -0.2) is 26.8 Å². The fourth-order valence-corrected chi connectivity index (χ4v) is 2.27. The summed E-state index contributed by atoms with van der Waals surface area (Å²) in [7, 11) is 3.15. The molecule has 0 aromatic heterocycles. The van der Waals surface area contributed by atoms with Crippen LogP contribution in [0.15, 0.2) is 48.7 Å². The summed E-state index contributed by atoms with van der Waals surface area (Å²) in [5.41, 5.74) is 1.80. The third kappa shape index (κ3) is 5.16. The Morgan fingerprint density at radius 2 is 1.68 bits per heavy atom. The lowest BCUT2D eigenvalue weighted by Gasteiger charge is -2.11. The maximum Gasteiger partial charge on any atom is 0.340 e. The van der Waals surface area contributed by atoms with E-state index >= 15 is 0 Å². The smallest absolute Gasteiger partial charge is 0.340 e. The molecule has 2 aromatic carbocycles. The second kappa shape index (κ2) is 8.99. The van der Waals surface area contributed by atoms with Gasteiger partial charge in [-0.15, -0.1) is 0 Å². The van der Waals surface area contributed by atoms with Crippen LogP contribution < -0.4 is 14.8 Å². The number of rotatable bonds is 7. The van der Waals surface area contributed by atoms with Gasteiger partial charge in [0.1, 0.15) is 11.5 Å². The number of esters is 1. The number of nitrogens with one attached hydrogen (secondary N) is 1. The van der Waals surface area contributed by atoms with Gasteiger partial charge in [0.15, 0.2) is 0 Å². The number of hydrogen-bond acceptors (Lipinski definition) is 5. The van der Waals surface area contributed by atoms with Crippen LogP contribution in [-0.2, 0) is 9.53 Å². The molecule has 0 fully saturated rings. The topological polar surface area (TPSA) is 56.8 Å². The van der Waals surface area contributed by atoms with E-state index in [-0.39, 0.29) is 6.61 Å². The molecule has 0 unspecified atom stereocenters. The minimum absolute atomic E-state index is 0.288. The molecule has 0 saturated heterocycles. The summed E-state index contributed by atoms with van der Waals surface area (Å²) in [6, 6.07) is 12.3. The molecule has 0 heterocycles. The van der Waals surface area contributed by atoms with E-state index < -0.39 is 5.97 Å². The van der Waals surface area contributed by atoms with E-state index in [1.54, 1.807) is 69.8 Å². The van der Waals surface area contributed by atoms with Gasteiger partial charge < -0.3 is 19.5 Å². The Labute approximate surface area is 152 Å². The average Bonchev–Trinajstić information content (AvgIpc) is 2.63. The van der Waals surface area contributed by atoms with Gasteiger partial charge in [-0.2, -0.15) is 0 Å². The van der Waals surface area contributed by atoms with E-state index in [1.165, 1.54) is 0 Å². The van der Waals surface area contributed by atoms with E-state index in [1.807, 2.05) is 0 Å². The lowest BCUT2D eigenvalue weighted by Crippen LogP contribution is -2.08. The van der Waals surface area contributed by atoms with Gasteiger partial charge in [0.25, 0.3) is 0 Å². The number of hydrogen-bond donors (Lipinski definition) is 1. The molecule has 6 heteroatoms. The zero-order valence-corrected chi connectivity index (χ0v) is 15.1. The molecular formula is C19H20ClNO4. The number of benzene rings is 2. The number of carbonyl (C=O) groups is 1. The van der Waals surface area contributed by atoms with Crippen molar-refractivity contribution in [3.05, 3.63) is 59.3 Å². The van der Waals surface area contributed by atoms with Crippen molar-refractivity contribution in [1.29, 1.82) is 0 Å². The molecule has 0 amide bonds. The lowest BCUT2D eigenvalue weighted by atomic mass is 10.1. The van der Waals surface area contributed by atoms with E-state index in [0.29, 0.717) is 33.3 Å². The molecule has 132 valence electrons. The summed E-state index contributed by atoms with van der Waals surface area (Å²) < 4.78 is 15.6. The van der Waals surface area contributed by atoms with E-state index in [0.717, 1.165) is 0 Å². The largest absolute Gasteiger partial charge is 0.497 e. The Morgan fingerprint density at radius 3 is 2.20 bits per heavy atom. The van der Waals surface area contributed by atoms with Crippen molar-refractivity contribution in [2.45, 2.75) is 6.92 Å². The molecule has 0 atom stereocenters. The number of anilines is 1. The van der Waals surface area contributed by atoms with Crippen molar-refractivity contribution < 1.29 is 19.0 Å². The summed E-state index contributed by atoms with van der Waals surface area (Å²) in [4.78, 5) is 12.3. The highest BCUT2D eigenvalue weighted by atomic mass is 35.5. The Balaban J connectivity index is 2.34. The first-order valence-electron chi connectivity index (χ1n) is 7.70. The normalized spacial score (nSPS) is 11.0. The molecule has 0 spiro atoms. The highest BCUT2D eigenvalue weighted by Gasteiger charge is 2.13. The van der Waals surface area contributed by atoms with Gasteiger partial charge in [-0.3, -0.25) is 0 Å². The van der Waals surface area contributed by atoms with Gasteiger partial charge in [0.2, 0.25) is 0 Å². The predicted octanol–water partition coefficient (Wildman–Crippen LogP) is 4.37. The standard InChI is InChI=1S/C19H20ClNO4/c1-4-25-19(22)18(13-5-7-14(20)8-6-13)12-21-15-9-16(23-2)11-17(10-15)24-3/h5-12,21H,4H2,1-3H3/b18-12-. The first kappa shape index (κ1) is 18.7. The average molecular weight is 362 g/mol. The lowest BCUT2D eigenvalue weighted by molar-refractivity contribution is -0.136. The van der Waals surface area contributed by atoms with Crippen molar-refractivity contribution >= 4 is 28.8 Å². The summed E-state index contributed by atoms with van der Waals surface area (Å²) in [6.07, 6.45) is 1.59. The molecule has 0 aliphatic heterocycles. The first-order valence-corrected chi connectivity index (χ1v) is 8.08. The maximum absolute atomic E-state index is 12.3. The number of methoxy groups -OCH3 is 2. The van der Waals surface area contributed by atoms with Crippen LogP contribution in [0.25, 0.3) is 5.57 Å². The zero-order chi connectivity index (χ0) is 18.2. The molecule has 0 aliphatic carbocycles. The molecular weight excluding hydrogens is 342 g/mol. The van der Waals surface area contributed by atoms with Crippen LogP contribution in [0.4, 0.5) is 5.69 Å². The van der Waals surface area contributed by atoms with E-state index in [9.17, 15) is 4.79 Å².